The molecule has 0 bridgehead atoms. The third-order valence-electron chi connectivity index (χ3n) is 7.25. The monoisotopic (exact) mass is 425 g/mol. The van der Waals surface area contributed by atoms with Gasteiger partial charge in [0.05, 0.1) is 0 Å². The molecule has 0 heterocycles. The summed E-state index contributed by atoms with van der Waals surface area (Å²) in [5, 5.41) is 0. The molecule has 3 aromatic rings. The minimum absolute atomic E-state index is 0. The van der Waals surface area contributed by atoms with E-state index in [1.54, 1.807) is 0 Å². The average molecular weight is 426 g/mol. The number of hydrogen-bond acceptors (Lipinski definition) is 1. The van der Waals surface area contributed by atoms with Crippen LogP contribution in [-0.4, -0.2) is 33.8 Å². The maximum Gasteiger partial charge on any atom is 0.225 e. The smallest absolute Gasteiger partial charge is 0.225 e. The van der Waals surface area contributed by atoms with Crippen LogP contribution in [0, 0.1) is 0 Å². The predicted octanol–water partition coefficient (Wildman–Crippen LogP) is 6.64. The molecule has 0 aliphatic heterocycles. The van der Waals surface area contributed by atoms with Crippen molar-refractivity contribution in [2.24, 2.45) is 0 Å². The van der Waals surface area contributed by atoms with Gasteiger partial charge in [0.15, 0.2) is 0 Å². The van der Waals surface area contributed by atoms with Gasteiger partial charge in [0, 0.05) is 42.1 Å². The zero-order valence-electron chi connectivity index (χ0n) is 18.7. The van der Waals surface area contributed by atoms with Crippen LogP contribution in [0.25, 0.3) is 18.2 Å². The average Bonchev–Trinajstić information content (AvgIpc) is 3.54. The van der Waals surface area contributed by atoms with E-state index >= 15 is 0 Å². The fraction of sp³-hybridized carbons (Fsp3) is 0.172. The Morgan fingerprint density at radius 1 is 0.594 bits per heavy atom. The van der Waals surface area contributed by atoms with Gasteiger partial charge in [0.1, 0.15) is 0 Å². The van der Waals surface area contributed by atoms with Gasteiger partial charge in [-0.2, -0.15) is 0 Å². The number of fused-ring (bicyclic) bond motifs is 3. The second-order valence-electron chi connectivity index (χ2n) is 8.68. The molecule has 0 fully saturated rings. The van der Waals surface area contributed by atoms with Crippen molar-refractivity contribution in [3.05, 3.63) is 124 Å². The van der Waals surface area contributed by atoms with Gasteiger partial charge in [0.25, 0.3) is 0 Å². The van der Waals surface area contributed by atoms with E-state index in [-0.39, 0.29) is 18.9 Å². The minimum atomic E-state index is -2.51. The Bertz CT molecular complexity index is 1090. The summed E-state index contributed by atoms with van der Waals surface area (Å²) in [5.74, 6) is 0. The fourth-order valence-corrected chi connectivity index (χ4v) is 11.7. The van der Waals surface area contributed by atoms with E-state index in [0.29, 0.717) is 16.6 Å². The van der Waals surface area contributed by atoms with Crippen LogP contribution in [0.4, 0.5) is 0 Å². The first-order chi connectivity index (χ1) is 15.3. The van der Waals surface area contributed by atoms with Crippen molar-refractivity contribution < 1.29 is 4.43 Å². The van der Waals surface area contributed by atoms with Crippen molar-refractivity contribution in [2.45, 2.75) is 23.5 Å². The summed E-state index contributed by atoms with van der Waals surface area (Å²) in [6, 6.07) is 26.7. The van der Waals surface area contributed by atoms with Crippen LogP contribution in [0.2, 0.25) is 0 Å². The molecular formula is C29H26LiOSi. The van der Waals surface area contributed by atoms with Crippen LogP contribution in [0.5, 0.6) is 0 Å². The largest absolute Gasteiger partial charge is 0.414 e. The van der Waals surface area contributed by atoms with E-state index < -0.39 is 8.32 Å². The first-order valence-electron chi connectivity index (χ1n) is 11.3. The molecule has 0 amide bonds. The standard InChI is InChI=1S/C29H26OSi.Li/c1-2-30-31(27-18-15-21-9-3-6-12-24(21)27,28-19-16-22-10-4-7-13-25(22)28)29-20-17-23-11-5-8-14-26(23)29;/h3-20,27-29H,2H2,1H3;. The molecule has 32 heavy (non-hydrogen) atoms. The van der Waals surface area contributed by atoms with Gasteiger partial charge in [-0.15, -0.1) is 0 Å². The second kappa shape index (κ2) is 8.54. The van der Waals surface area contributed by atoms with Crippen molar-refractivity contribution in [1.82, 2.24) is 0 Å². The molecule has 1 nitrogen and oxygen atoms in total. The molecule has 3 aliphatic rings. The normalized spacial score (nSPS) is 23.3. The zero-order valence-corrected chi connectivity index (χ0v) is 19.7. The van der Waals surface area contributed by atoms with Gasteiger partial charge in [0.2, 0.25) is 8.32 Å². The van der Waals surface area contributed by atoms with Gasteiger partial charge in [-0.05, 0) is 40.3 Å². The summed E-state index contributed by atoms with van der Waals surface area (Å²) in [6.07, 6.45) is 14.3. The van der Waals surface area contributed by atoms with Crippen LogP contribution in [-0.2, 0) is 4.43 Å². The van der Waals surface area contributed by atoms with E-state index in [0.717, 1.165) is 6.61 Å². The zero-order chi connectivity index (χ0) is 20.8. The SMILES string of the molecule is CCO[Si](C1C=Cc2ccccc21)(C1C=Cc2ccccc21)C1C=Cc2ccccc21.[Li]. The molecule has 0 saturated heterocycles. The second-order valence-corrected chi connectivity index (χ2v) is 12.5. The van der Waals surface area contributed by atoms with Gasteiger partial charge in [-0.1, -0.05) is 109 Å². The number of allylic oxidation sites excluding steroid dienone is 3. The first kappa shape index (κ1) is 21.5. The Kier molecular flexibility index (Phi) is 5.74. The van der Waals surface area contributed by atoms with Crippen molar-refractivity contribution in [3.8, 4) is 0 Å². The van der Waals surface area contributed by atoms with Crippen LogP contribution in [0.3, 0.4) is 0 Å². The number of rotatable bonds is 5. The van der Waals surface area contributed by atoms with Gasteiger partial charge < -0.3 is 4.43 Å². The molecule has 153 valence electrons. The topological polar surface area (TPSA) is 9.23 Å². The fourth-order valence-electron chi connectivity index (χ4n) is 6.03. The maximum atomic E-state index is 7.14. The number of benzene rings is 3. The maximum absolute atomic E-state index is 7.14. The van der Waals surface area contributed by atoms with Gasteiger partial charge in [-0.3, -0.25) is 0 Å². The summed E-state index contributed by atoms with van der Waals surface area (Å²) >= 11 is 0. The van der Waals surface area contributed by atoms with Crippen LogP contribution in [0.1, 0.15) is 56.9 Å². The minimum Gasteiger partial charge on any atom is -0.414 e. The molecule has 0 aromatic heterocycles. The van der Waals surface area contributed by atoms with Crippen molar-refractivity contribution in [3.63, 3.8) is 0 Å². The predicted molar refractivity (Wildman–Crippen MR) is 138 cm³/mol. The summed E-state index contributed by atoms with van der Waals surface area (Å²) in [5.41, 5.74) is 9.24. The Morgan fingerprint density at radius 3 is 1.28 bits per heavy atom. The van der Waals surface area contributed by atoms with Crippen LogP contribution in [0.15, 0.2) is 91.0 Å². The molecular weight excluding hydrogens is 399 g/mol. The molecule has 3 aliphatic carbocycles. The van der Waals surface area contributed by atoms with Crippen LogP contribution >= 0.6 is 0 Å². The molecule has 3 atom stereocenters. The van der Waals surface area contributed by atoms with E-state index in [9.17, 15) is 0 Å². The summed E-state index contributed by atoms with van der Waals surface area (Å²) in [6.45, 7) is 2.90. The first-order valence-corrected chi connectivity index (χ1v) is 13.4. The molecule has 0 spiro atoms. The van der Waals surface area contributed by atoms with E-state index in [4.69, 9.17) is 4.43 Å². The Morgan fingerprint density at radius 2 is 0.938 bits per heavy atom. The molecule has 0 N–H and O–H groups in total. The summed E-state index contributed by atoms with van der Waals surface area (Å²) in [4.78, 5) is 0. The Hall–Kier alpha value is -2.35. The van der Waals surface area contributed by atoms with Crippen molar-refractivity contribution >= 4 is 45.4 Å². The van der Waals surface area contributed by atoms with E-state index in [2.05, 4.69) is 116 Å². The third-order valence-corrected chi connectivity index (χ3v) is 12.5. The van der Waals surface area contributed by atoms with Gasteiger partial charge in [-0.25, -0.2) is 0 Å². The molecule has 3 heteroatoms. The molecule has 3 aromatic carbocycles. The van der Waals surface area contributed by atoms with Crippen LogP contribution < -0.4 is 0 Å². The Balaban J connectivity index is 0.00000216. The third kappa shape index (κ3) is 3.10. The molecule has 0 saturated carbocycles. The van der Waals surface area contributed by atoms with E-state index in [1.165, 1.54) is 33.4 Å². The summed E-state index contributed by atoms with van der Waals surface area (Å²) in [7, 11) is -2.51. The molecule has 1 radical (unpaired) electrons. The number of hydrogen-bond donors (Lipinski definition) is 0. The van der Waals surface area contributed by atoms with E-state index in [1.807, 2.05) is 0 Å². The van der Waals surface area contributed by atoms with Crippen molar-refractivity contribution in [2.75, 3.05) is 6.61 Å². The quantitative estimate of drug-likeness (QED) is 0.417. The summed E-state index contributed by atoms with van der Waals surface area (Å²) < 4.78 is 7.14. The molecule has 3 unspecified atom stereocenters. The van der Waals surface area contributed by atoms with Gasteiger partial charge >= 0.3 is 0 Å². The molecule has 6 rings (SSSR count). The Labute approximate surface area is 203 Å². The van der Waals surface area contributed by atoms with Crippen molar-refractivity contribution in [1.29, 1.82) is 0 Å².